The van der Waals surface area contributed by atoms with Gasteiger partial charge in [0.2, 0.25) is 0 Å². The van der Waals surface area contributed by atoms with Gasteiger partial charge in [-0.1, -0.05) is 19.9 Å². The summed E-state index contributed by atoms with van der Waals surface area (Å²) < 4.78 is 5.38. The molecule has 0 spiro atoms. The molecule has 21 heavy (non-hydrogen) atoms. The van der Waals surface area contributed by atoms with Gasteiger partial charge in [0.05, 0.1) is 7.11 Å². The third kappa shape index (κ3) is 3.26. The summed E-state index contributed by atoms with van der Waals surface area (Å²) in [7, 11) is 1.76. The van der Waals surface area contributed by atoms with E-state index in [1.807, 2.05) is 0 Å². The zero-order valence-corrected chi connectivity index (χ0v) is 13.8. The molecule has 2 heteroatoms. The fourth-order valence-corrected chi connectivity index (χ4v) is 3.94. The monoisotopic (exact) mass is 287 g/mol. The smallest absolute Gasteiger partial charge is 0.119 e. The second kappa shape index (κ2) is 6.39. The van der Waals surface area contributed by atoms with Gasteiger partial charge in [0, 0.05) is 12.6 Å². The standard InChI is InChI=1S/C19H29NO/c1-4-11-20(13-15-5-6-15)19-10-7-16-12-17(21-3)8-9-18(16)14(19)2/h8-9,12,14-15,19H,4-7,10-11,13H2,1-3H3. The molecule has 0 saturated heterocycles. The fourth-order valence-electron chi connectivity index (χ4n) is 3.94. The molecular weight excluding hydrogens is 258 g/mol. The Kier molecular flexibility index (Phi) is 4.54. The van der Waals surface area contributed by atoms with Crippen molar-refractivity contribution in [3.8, 4) is 5.75 Å². The number of methoxy groups -OCH3 is 1. The molecule has 0 heterocycles. The lowest BCUT2D eigenvalue weighted by Gasteiger charge is -2.40. The van der Waals surface area contributed by atoms with E-state index in [0.29, 0.717) is 5.92 Å². The van der Waals surface area contributed by atoms with E-state index in [9.17, 15) is 0 Å². The molecule has 116 valence electrons. The second-order valence-corrected chi connectivity index (χ2v) is 6.90. The Hall–Kier alpha value is -1.02. The van der Waals surface area contributed by atoms with Crippen LogP contribution in [0, 0.1) is 5.92 Å². The summed E-state index contributed by atoms with van der Waals surface area (Å²) in [4.78, 5) is 2.79. The Balaban J connectivity index is 1.77. The van der Waals surface area contributed by atoms with Crippen molar-refractivity contribution >= 4 is 0 Å². The summed E-state index contributed by atoms with van der Waals surface area (Å²) >= 11 is 0. The number of hydrogen-bond acceptors (Lipinski definition) is 2. The molecular formula is C19H29NO. The average Bonchev–Trinajstić information content (AvgIpc) is 3.31. The topological polar surface area (TPSA) is 12.5 Å². The molecule has 2 atom stereocenters. The van der Waals surface area contributed by atoms with Gasteiger partial charge in [-0.2, -0.15) is 0 Å². The molecule has 0 radical (unpaired) electrons. The molecule has 2 nitrogen and oxygen atoms in total. The fraction of sp³-hybridized carbons (Fsp3) is 0.684. The van der Waals surface area contributed by atoms with Gasteiger partial charge in [-0.15, -0.1) is 0 Å². The van der Waals surface area contributed by atoms with E-state index in [-0.39, 0.29) is 0 Å². The Morgan fingerprint density at radius 1 is 1.24 bits per heavy atom. The summed E-state index contributed by atoms with van der Waals surface area (Å²) in [5.41, 5.74) is 3.05. The molecule has 0 N–H and O–H groups in total. The Bertz CT molecular complexity index is 480. The van der Waals surface area contributed by atoms with Crippen LogP contribution >= 0.6 is 0 Å². The first-order valence-electron chi connectivity index (χ1n) is 8.63. The first-order valence-corrected chi connectivity index (χ1v) is 8.63. The van der Waals surface area contributed by atoms with Crippen LogP contribution in [0.25, 0.3) is 0 Å². The molecule has 0 bridgehead atoms. The molecule has 1 fully saturated rings. The number of benzene rings is 1. The molecule has 2 aliphatic rings. The maximum atomic E-state index is 5.38. The van der Waals surface area contributed by atoms with Crippen molar-refractivity contribution in [1.82, 2.24) is 4.90 Å². The van der Waals surface area contributed by atoms with Crippen LogP contribution in [-0.4, -0.2) is 31.1 Å². The van der Waals surface area contributed by atoms with Gasteiger partial charge in [-0.3, -0.25) is 4.90 Å². The van der Waals surface area contributed by atoms with Gasteiger partial charge >= 0.3 is 0 Å². The maximum Gasteiger partial charge on any atom is 0.119 e. The highest BCUT2D eigenvalue weighted by atomic mass is 16.5. The normalized spacial score (nSPS) is 25.0. The van der Waals surface area contributed by atoms with Crippen LogP contribution in [0.15, 0.2) is 18.2 Å². The molecule has 1 aromatic carbocycles. The van der Waals surface area contributed by atoms with E-state index in [2.05, 4.69) is 36.9 Å². The van der Waals surface area contributed by atoms with E-state index in [0.717, 1.165) is 17.7 Å². The highest BCUT2D eigenvalue weighted by Gasteiger charge is 2.33. The average molecular weight is 287 g/mol. The van der Waals surface area contributed by atoms with E-state index < -0.39 is 0 Å². The SMILES string of the molecule is CCCN(CC1CC1)C1CCc2cc(OC)ccc2C1C. The summed E-state index contributed by atoms with van der Waals surface area (Å²) in [6.45, 7) is 7.32. The van der Waals surface area contributed by atoms with Crippen molar-refractivity contribution in [2.24, 2.45) is 5.92 Å². The zero-order chi connectivity index (χ0) is 14.8. The van der Waals surface area contributed by atoms with Crippen molar-refractivity contribution in [2.75, 3.05) is 20.2 Å². The molecule has 0 amide bonds. The van der Waals surface area contributed by atoms with Crippen molar-refractivity contribution in [3.05, 3.63) is 29.3 Å². The summed E-state index contributed by atoms with van der Waals surface area (Å²) in [5, 5.41) is 0. The minimum Gasteiger partial charge on any atom is -0.497 e. The van der Waals surface area contributed by atoms with E-state index in [1.54, 1.807) is 12.7 Å². The first kappa shape index (κ1) is 14.9. The van der Waals surface area contributed by atoms with Crippen molar-refractivity contribution in [2.45, 2.75) is 57.9 Å². The van der Waals surface area contributed by atoms with Gasteiger partial charge in [0.25, 0.3) is 0 Å². The molecule has 3 rings (SSSR count). The van der Waals surface area contributed by atoms with Crippen LogP contribution < -0.4 is 4.74 Å². The highest BCUT2D eigenvalue weighted by molar-refractivity contribution is 5.40. The third-order valence-electron chi connectivity index (χ3n) is 5.30. The van der Waals surface area contributed by atoms with Crippen LogP contribution in [0.3, 0.4) is 0 Å². The number of aryl methyl sites for hydroxylation is 1. The number of nitrogens with zero attached hydrogens (tertiary/aromatic N) is 1. The lowest BCUT2D eigenvalue weighted by atomic mass is 9.79. The number of ether oxygens (including phenoxy) is 1. The van der Waals surface area contributed by atoms with Crippen LogP contribution in [0.1, 0.15) is 56.6 Å². The highest BCUT2D eigenvalue weighted by Crippen LogP contribution is 2.38. The second-order valence-electron chi connectivity index (χ2n) is 6.90. The first-order chi connectivity index (χ1) is 10.2. The third-order valence-corrected chi connectivity index (χ3v) is 5.30. The van der Waals surface area contributed by atoms with E-state index in [4.69, 9.17) is 4.74 Å². The molecule has 1 aromatic rings. The Morgan fingerprint density at radius 2 is 2.05 bits per heavy atom. The molecule has 1 saturated carbocycles. The summed E-state index contributed by atoms with van der Waals surface area (Å²) in [5.74, 6) is 2.63. The summed E-state index contributed by atoms with van der Waals surface area (Å²) in [6.07, 6.45) is 6.68. The predicted molar refractivity (Wildman–Crippen MR) is 88.1 cm³/mol. The van der Waals surface area contributed by atoms with Gasteiger partial charge in [-0.25, -0.2) is 0 Å². The predicted octanol–water partition coefficient (Wildman–Crippen LogP) is 4.24. The van der Waals surface area contributed by atoms with Gasteiger partial charge < -0.3 is 4.74 Å². The zero-order valence-electron chi connectivity index (χ0n) is 13.8. The van der Waals surface area contributed by atoms with Crippen LogP contribution in [0.2, 0.25) is 0 Å². The van der Waals surface area contributed by atoms with Crippen LogP contribution in [0.4, 0.5) is 0 Å². The minimum atomic E-state index is 0.643. The van der Waals surface area contributed by atoms with E-state index >= 15 is 0 Å². The molecule has 2 unspecified atom stereocenters. The van der Waals surface area contributed by atoms with Crippen LogP contribution in [0.5, 0.6) is 5.75 Å². The number of rotatable bonds is 6. The van der Waals surface area contributed by atoms with Crippen LogP contribution in [-0.2, 0) is 6.42 Å². The minimum absolute atomic E-state index is 0.643. The maximum absolute atomic E-state index is 5.38. The molecule has 2 aliphatic carbocycles. The number of hydrogen-bond donors (Lipinski definition) is 0. The lowest BCUT2D eigenvalue weighted by molar-refractivity contribution is 0.152. The quantitative estimate of drug-likeness (QED) is 0.776. The van der Waals surface area contributed by atoms with Crippen molar-refractivity contribution in [3.63, 3.8) is 0 Å². The largest absolute Gasteiger partial charge is 0.497 e. The van der Waals surface area contributed by atoms with Gasteiger partial charge in [-0.05, 0) is 73.7 Å². The molecule has 0 aromatic heterocycles. The molecule has 0 aliphatic heterocycles. The van der Waals surface area contributed by atoms with Gasteiger partial charge in [0.15, 0.2) is 0 Å². The summed E-state index contributed by atoms with van der Waals surface area (Å²) in [6, 6.07) is 7.40. The van der Waals surface area contributed by atoms with E-state index in [1.165, 1.54) is 50.8 Å². The number of fused-ring (bicyclic) bond motifs is 1. The lowest BCUT2D eigenvalue weighted by Crippen LogP contribution is -2.43. The van der Waals surface area contributed by atoms with Crippen molar-refractivity contribution in [1.29, 1.82) is 0 Å². The van der Waals surface area contributed by atoms with Gasteiger partial charge in [0.1, 0.15) is 5.75 Å². The Labute approximate surface area is 129 Å². The van der Waals surface area contributed by atoms with Crippen molar-refractivity contribution < 1.29 is 4.74 Å². The Morgan fingerprint density at radius 3 is 2.71 bits per heavy atom.